The van der Waals surface area contributed by atoms with Crippen LogP contribution in [-0.2, 0) is 4.79 Å². The van der Waals surface area contributed by atoms with Crippen molar-refractivity contribution in [1.29, 1.82) is 0 Å². The zero-order chi connectivity index (χ0) is 14.5. The number of thioether (sulfide) groups is 1. The number of benzene rings is 2. The van der Waals surface area contributed by atoms with Crippen molar-refractivity contribution in [2.45, 2.75) is 11.8 Å². The van der Waals surface area contributed by atoms with Gasteiger partial charge in [0.2, 0.25) is 5.91 Å². The molecule has 0 heterocycles. The van der Waals surface area contributed by atoms with Crippen molar-refractivity contribution >= 4 is 35.0 Å². The molecule has 0 saturated heterocycles. The topological polar surface area (TPSA) is 29.1 Å². The van der Waals surface area contributed by atoms with E-state index in [2.05, 4.69) is 5.32 Å². The minimum absolute atomic E-state index is 0.206. The quantitative estimate of drug-likeness (QED) is 0.841. The average molecular weight is 310 g/mol. The van der Waals surface area contributed by atoms with Crippen LogP contribution in [0.25, 0.3) is 0 Å². The Hall–Kier alpha value is -1.52. The molecule has 20 heavy (non-hydrogen) atoms. The molecule has 0 atom stereocenters. The van der Waals surface area contributed by atoms with Gasteiger partial charge < -0.3 is 5.32 Å². The highest BCUT2D eigenvalue weighted by Gasteiger charge is 2.07. The van der Waals surface area contributed by atoms with Gasteiger partial charge in [0.15, 0.2) is 0 Å². The molecule has 0 aromatic heterocycles. The van der Waals surface area contributed by atoms with Gasteiger partial charge in [0, 0.05) is 9.92 Å². The molecule has 0 bridgehead atoms. The van der Waals surface area contributed by atoms with Crippen LogP contribution in [0.1, 0.15) is 5.56 Å². The highest BCUT2D eigenvalue weighted by molar-refractivity contribution is 8.00. The number of anilines is 1. The molecule has 0 unspecified atom stereocenters. The maximum absolute atomic E-state index is 13.6. The van der Waals surface area contributed by atoms with Gasteiger partial charge in [0.05, 0.1) is 11.4 Å². The minimum atomic E-state index is -0.421. The summed E-state index contributed by atoms with van der Waals surface area (Å²) < 4.78 is 13.6. The first-order chi connectivity index (χ1) is 9.54. The highest BCUT2D eigenvalue weighted by atomic mass is 35.5. The molecule has 0 aliphatic rings. The average Bonchev–Trinajstić information content (AvgIpc) is 2.41. The van der Waals surface area contributed by atoms with E-state index in [9.17, 15) is 9.18 Å². The fourth-order valence-electron chi connectivity index (χ4n) is 1.59. The molecule has 5 heteroatoms. The number of aryl methyl sites for hydroxylation is 1. The van der Waals surface area contributed by atoms with Gasteiger partial charge in [-0.2, -0.15) is 0 Å². The second-order valence-corrected chi connectivity index (χ2v) is 5.76. The van der Waals surface area contributed by atoms with E-state index in [1.807, 2.05) is 12.1 Å². The van der Waals surface area contributed by atoms with Crippen molar-refractivity contribution in [2.24, 2.45) is 0 Å². The summed E-state index contributed by atoms with van der Waals surface area (Å²) in [6.07, 6.45) is 0. The summed E-state index contributed by atoms with van der Waals surface area (Å²) in [4.78, 5) is 12.7. The van der Waals surface area contributed by atoms with E-state index in [1.54, 1.807) is 31.2 Å². The zero-order valence-corrected chi connectivity index (χ0v) is 12.4. The first-order valence-corrected chi connectivity index (χ1v) is 7.35. The summed E-state index contributed by atoms with van der Waals surface area (Å²) >= 11 is 7.15. The number of carbonyl (C=O) groups excluding carboxylic acids is 1. The molecule has 2 rings (SSSR count). The van der Waals surface area contributed by atoms with Gasteiger partial charge in [-0.05, 0) is 48.9 Å². The van der Waals surface area contributed by atoms with Gasteiger partial charge in [-0.25, -0.2) is 4.39 Å². The third-order valence-corrected chi connectivity index (χ3v) is 3.85. The molecule has 0 aliphatic carbocycles. The highest BCUT2D eigenvalue weighted by Crippen LogP contribution is 2.21. The molecular formula is C15H13ClFNOS. The summed E-state index contributed by atoms with van der Waals surface area (Å²) in [6.45, 7) is 1.80. The SMILES string of the molecule is Cc1ccc(NC(=O)CSc2ccc(Cl)cc2)c(F)c1. The Labute approximate surface area is 126 Å². The Bertz CT molecular complexity index is 616. The molecule has 104 valence electrons. The molecule has 0 spiro atoms. The van der Waals surface area contributed by atoms with Crippen LogP contribution in [0, 0.1) is 12.7 Å². The van der Waals surface area contributed by atoms with Gasteiger partial charge in [-0.3, -0.25) is 4.79 Å². The maximum Gasteiger partial charge on any atom is 0.234 e. The van der Waals surface area contributed by atoms with Crippen molar-refractivity contribution in [1.82, 2.24) is 0 Å². The minimum Gasteiger partial charge on any atom is -0.323 e. The number of hydrogen-bond donors (Lipinski definition) is 1. The second kappa shape index (κ2) is 6.77. The van der Waals surface area contributed by atoms with E-state index in [0.717, 1.165) is 10.5 Å². The van der Waals surface area contributed by atoms with Gasteiger partial charge in [0.1, 0.15) is 5.82 Å². The standard InChI is InChI=1S/C15H13ClFNOS/c1-10-2-7-14(13(17)8-10)18-15(19)9-20-12-5-3-11(16)4-6-12/h2-8H,9H2,1H3,(H,18,19). The molecule has 2 nitrogen and oxygen atoms in total. The normalized spacial score (nSPS) is 10.3. The van der Waals surface area contributed by atoms with Crippen LogP contribution in [-0.4, -0.2) is 11.7 Å². The van der Waals surface area contributed by atoms with Gasteiger partial charge in [0.25, 0.3) is 0 Å². The smallest absolute Gasteiger partial charge is 0.234 e. The third kappa shape index (κ3) is 4.25. The van der Waals surface area contributed by atoms with Crippen LogP contribution < -0.4 is 5.32 Å². The van der Waals surface area contributed by atoms with Crippen LogP contribution in [0.15, 0.2) is 47.4 Å². The molecule has 2 aromatic rings. The largest absolute Gasteiger partial charge is 0.323 e. The second-order valence-electron chi connectivity index (χ2n) is 4.27. The van der Waals surface area contributed by atoms with E-state index < -0.39 is 5.82 Å². The molecular weight excluding hydrogens is 297 g/mol. The van der Waals surface area contributed by atoms with Crippen LogP contribution >= 0.6 is 23.4 Å². The molecule has 0 fully saturated rings. The lowest BCUT2D eigenvalue weighted by Gasteiger charge is -2.07. The van der Waals surface area contributed by atoms with Crippen LogP contribution in [0.5, 0.6) is 0 Å². The summed E-state index contributed by atoms with van der Waals surface area (Å²) in [7, 11) is 0. The van der Waals surface area contributed by atoms with E-state index >= 15 is 0 Å². The molecule has 1 N–H and O–H groups in total. The Morgan fingerprint density at radius 1 is 1.25 bits per heavy atom. The Morgan fingerprint density at radius 3 is 2.60 bits per heavy atom. The monoisotopic (exact) mass is 309 g/mol. The number of nitrogens with one attached hydrogen (secondary N) is 1. The van der Waals surface area contributed by atoms with E-state index in [-0.39, 0.29) is 17.3 Å². The lowest BCUT2D eigenvalue weighted by Crippen LogP contribution is -2.15. The summed E-state index contributed by atoms with van der Waals surface area (Å²) in [5.74, 6) is -0.447. The number of hydrogen-bond acceptors (Lipinski definition) is 2. The van der Waals surface area contributed by atoms with Crippen LogP contribution in [0.2, 0.25) is 5.02 Å². The number of carbonyl (C=O) groups is 1. The fraction of sp³-hybridized carbons (Fsp3) is 0.133. The fourth-order valence-corrected chi connectivity index (χ4v) is 2.41. The zero-order valence-electron chi connectivity index (χ0n) is 10.8. The van der Waals surface area contributed by atoms with Crippen molar-refractivity contribution in [2.75, 3.05) is 11.1 Å². The Morgan fingerprint density at radius 2 is 1.95 bits per heavy atom. The predicted molar refractivity (Wildman–Crippen MR) is 81.9 cm³/mol. The third-order valence-electron chi connectivity index (χ3n) is 2.58. The molecule has 0 radical (unpaired) electrons. The lowest BCUT2D eigenvalue weighted by molar-refractivity contribution is -0.113. The van der Waals surface area contributed by atoms with Gasteiger partial charge >= 0.3 is 0 Å². The van der Waals surface area contributed by atoms with Crippen molar-refractivity contribution < 1.29 is 9.18 Å². The first-order valence-electron chi connectivity index (χ1n) is 5.99. The Kier molecular flexibility index (Phi) is 5.04. The number of amides is 1. The number of rotatable bonds is 4. The number of halogens is 2. The maximum atomic E-state index is 13.6. The summed E-state index contributed by atoms with van der Waals surface area (Å²) in [5.41, 5.74) is 1.02. The molecule has 0 saturated carbocycles. The van der Waals surface area contributed by atoms with Crippen molar-refractivity contribution in [3.8, 4) is 0 Å². The molecule has 0 aliphatic heterocycles. The molecule has 1 amide bonds. The van der Waals surface area contributed by atoms with Gasteiger partial charge in [-0.15, -0.1) is 11.8 Å². The van der Waals surface area contributed by atoms with Crippen LogP contribution in [0.4, 0.5) is 10.1 Å². The van der Waals surface area contributed by atoms with Crippen LogP contribution in [0.3, 0.4) is 0 Å². The summed E-state index contributed by atoms with van der Waals surface area (Å²) in [5, 5.41) is 3.21. The van der Waals surface area contributed by atoms with Crippen molar-refractivity contribution in [3.63, 3.8) is 0 Å². The van der Waals surface area contributed by atoms with E-state index in [1.165, 1.54) is 17.8 Å². The summed E-state index contributed by atoms with van der Waals surface area (Å²) in [6, 6.07) is 11.9. The Balaban J connectivity index is 1.90. The lowest BCUT2D eigenvalue weighted by atomic mass is 10.2. The van der Waals surface area contributed by atoms with Crippen molar-refractivity contribution in [3.05, 3.63) is 58.9 Å². The first kappa shape index (κ1) is 14.9. The predicted octanol–water partition coefficient (Wildman–Crippen LogP) is 4.52. The van der Waals surface area contributed by atoms with Gasteiger partial charge in [-0.1, -0.05) is 17.7 Å². The van der Waals surface area contributed by atoms with E-state index in [0.29, 0.717) is 5.02 Å². The van der Waals surface area contributed by atoms with E-state index in [4.69, 9.17) is 11.6 Å². The molecule has 2 aromatic carbocycles.